The molecule has 2 fully saturated rings. The summed E-state index contributed by atoms with van der Waals surface area (Å²) in [6.07, 6.45) is -1.06. The molecule has 2 aliphatic carbocycles. The van der Waals surface area contributed by atoms with E-state index in [1.54, 1.807) is 0 Å². The van der Waals surface area contributed by atoms with Gasteiger partial charge in [-0.3, -0.25) is 0 Å². The van der Waals surface area contributed by atoms with E-state index in [0.29, 0.717) is 25.0 Å². The average molecular weight is 303 g/mol. The molecule has 3 rings (SSSR count). The van der Waals surface area contributed by atoms with Gasteiger partial charge in [0.2, 0.25) is 5.76 Å². The standard InChI is InChI=1S/C14H16F3NO3/c15-14(16,17)9-4-2-1-3-8(9)12-18-10(7-5-6-7)11(21-12)13(19)20/h7-9H,1-6H2,(H,19,20). The van der Waals surface area contributed by atoms with Crippen molar-refractivity contribution in [1.82, 2.24) is 4.98 Å². The fraction of sp³-hybridized carbons (Fsp3) is 0.714. The molecule has 1 N–H and O–H groups in total. The van der Waals surface area contributed by atoms with Gasteiger partial charge in [-0.25, -0.2) is 9.78 Å². The van der Waals surface area contributed by atoms with Crippen LogP contribution in [0, 0.1) is 5.92 Å². The maximum atomic E-state index is 13.1. The molecule has 0 saturated heterocycles. The molecule has 21 heavy (non-hydrogen) atoms. The molecular weight excluding hydrogens is 287 g/mol. The maximum absolute atomic E-state index is 13.1. The Morgan fingerprint density at radius 2 is 1.86 bits per heavy atom. The first-order chi connectivity index (χ1) is 9.88. The highest BCUT2D eigenvalue weighted by Gasteiger charge is 2.48. The summed E-state index contributed by atoms with van der Waals surface area (Å²) in [6, 6.07) is 0. The van der Waals surface area contributed by atoms with Gasteiger partial charge in [0.1, 0.15) is 0 Å². The van der Waals surface area contributed by atoms with Crippen LogP contribution in [0.5, 0.6) is 0 Å². The molecule has 1 aromatic rings. The highest BCUT2D eigenvalue weighted by Crippen LogP contribution is 2.48. The SMILES string of the molecule is O=C(O)c1oc(C2CCCCC2C(F)(F)F)nc1C1CC1. The van der Waals surface area contributed by atoms with E-state index < -0.39 is 24.0 Å². The number of carboxylic acid groups (broad SMARTS) is 1. The number of oxazole rings is 1. The zero-order chi connectivity index (χ0) is 15.2. The summed E-state index contributed by atoms with van der Waals surface area (Å²) < 4.78 is 44.6. The van der Waals surface area contributed by atoms with Crippen LogP contribution in [0.3, 0.4) is 0 Å². The van der Waals surface area contributed by atoms with Gasteiger partial charge in [-0.15, -0.1) is 0 Å². The van der Waals surface area contributed by atoms with E-state index in [9.17, 15) is 18.0 Å². The number of hydrogen-bond acceptors (Lipinski definition) is 3. The molecule has 0 aromatic carbocycles. The van der Waals surface area contributed by atoms with Crippen molar-refractivity contribution < 1.29 is 27.5 Å². The summed E-state index contributed by atoms with van der Waals surface area (Å²) in [6.45, 7) is 0. The van der Waals surface area contributed by atoms with Crippen molar-refractivity contribution in [1.29, 1.82) is 0 Å². The van der Waals surface area contributed by atoms with Crippen LogP contribution in [0.1, 0.15) is 72.5 Å². The molecule has 0 amide bonds. The second kappa shape index (κ2) is 5.03. The van der Waals surface area contributed by atoms with Crippen LogP contribution in [0.2, 0.25) is 0 Å². The average Bonchev–Trinajstić information content (AvgIpc) is 3.16. The zero-order valence-corrected chi connectivity index (χ0v) is 11.3. The molecule has 2 unspecified atom stereocenters. The van der Waals surface area contributed by atoms with Gasteiger partial charge >= 0.3 is 12.1 Å². The molecule has 1 aromatic heterocycles. The molecule has 0 bridgehead atoms. The number of carboxylic acids is 1. The number of rotatable bonds is 3. The molecule has 2 aliphatic rings. The van der Waals surface area contributed by atoms with E-state index in [2.05, 4.69) is 4.98 Å². The smallest absolute Gasteiger partial charge is 0.392 e. The second-order valence-corrected chi connectivity index (χ2v) is 5.88. The van der Waals surface area contributed by atoms with Crippen molar-refractivity contribution in [2.75, 3.05) is 0 Å². The van der Waals surface area contributed by atoms with Gasteiger partial charge in [0.05, 0.1) is 11.6 Å². The summed E-state index contributed by atoms with van der Waals surface area (Å²) in [5, 5.41) is 9.12. The number of aromatic carboxylic acids is 1. The molecule has 4 nitrogen and oxygen atoms in total. The van der Waals surface area contributed by atoms with Crippen LogP contribution in [-0.2, 0) is 0 Å². The Balaban J connectivity index is 1.94. The third-order valence-electron chi connectivity index (χ3n) is 4.33. The minimum atomic E-state index is -4.30. The summed E-state index contributed by atoms with van der Waals surface area (Å²) in [5.74, 6) is -3.89. The first-order valence-electron chi connectivity index (χ1n) is 7.18. The van der Waals surface area contributed by atoms with E-state index >= 15 is 0 Å². The minimum absolute atomic E-state index is 0.0292. The lowest BCUT2D eigenvalue weighted by atomic mass is 9.78. The predicted molar refractivity (Wildman–Crippen MR) is 66.2 cm³/mol. The Labute approximate surface area is 119 Å². The monoisotopic (exact) mass is 303 g/mol. The Morgan fingerprint density at radius 3 is 2.43 bits per heavy atom. The molecule has 0 radical (unpaired) electrons. The highest BCUT2D eigenvalue weighted by molar-refractivity contribution is 5.86. The van der Waals surface area contributed by atoms with E-state index in [0.717, 1.165) is 12.8 Å². The zero-order valence-electron chi connectivity index (χ0n) is 11.3. The first kappa shape index (κ1) is 14.4. The van der Waals surface area contributed by atoms with E-state index in [1.165, 1.54) is 0 Å². The van der Waals surface area contributed by atoms with Crippen molar-refractivity contribution >= 4 is 5.97 Å². The molecule has 0 aliphatic heterocycles. The summed E-state index contributed by atoms with van der Waals surface area (Å²) in [5.41, 5.74) is 0.323. The number of aromatic nitrogens is 1. The number of alkyl halides is 3. The van der Waals surface area contributed by atoms with Crippen molar-refractivity contribution in [2.45, 2.75) is 56.5 Å². The molecule has 1 heterocycles. The van der Waals surface area contributed by atoms with Gasteiger partial charge in [0.25, 0.3) is 0 Å². The molecular formula is C14H16F3NO3. The molecule has 0 spiro atoms. The minimum Gasteiger partial charge on any atom is -0.475 e. The van der Waals surface area contributed by atoms with Crippen LogP contribution in [0.25, 0.3) is 0 Å². The van der Waals surface area contributed by atoms with Crippen LogP contribution in [0.15, 0.2) is 4.42 Å². The third kappa shape index (κ3) is 2.78. The highest BCUT2D eigenvalue weighted by atomic mass is 19.4. The van der Waals surface area contributed by atoms with E-state index in [1.807, 2.05) is 0 Å². The Morgan fingerprint density at radius 1 is 1.19 bits per heavy atom. The van der Waals surface area contributed by atoms with Gasteiger partial charge in [-0.1, -0.05) is 12.8 Å². The number of halogens is 3. The van der Waals surface area contributed by atoms with Gasteiger partial charge in [-0.2, -0.15) is 13.2 Å². The number of carbonyl (C=O) groups is 1. The first-order valence-corrected chi connectivity index (χ1v) is 7.18. The Bertz CT molecular complexity index is 548. The van der Waals surface area contributed by atoms with Crippen LogP contribution in [-0.4, -0.2) is 22.2 Å². The largest absolute Gasteiger partial charge is 0.475 e. The Kier molecular flexibility index (Phi) is 3.45. The fourth-order valence-corrected chi connectivity index (χ4v) is 3.11. The van der Waals surface area contributed by atoms with Gasteiger partial charge in [0.15, 0.2) is 5.89 Å². The molecule has 7 heteroatoms. The van der Waals surface area contributed by atoms with Crippen LogP contribution in [0.4, 0.5) is 13.2 Å². The molecule has 116 valence electrons. The topological polar surface area (TPSA) is 63.3 Å². The van der Waals surface area contributed by atoms with E-state index in [4.69, 9.17) is 9.52 Å². The lowest BCUT2D eigenvalue weighted by molar-refractivity contribution is -0.188. The molecule has 2 saturated carbocycles. The summed E-state index contributed by atoms with van der Waals surface area (Å²) in [4.78, 5) is 15.3. The van der Waals surface area contributed by atoms with Gasteiger partial charge < -0.3 is 9.52 Å². The normalized spacial score (nSPS) is 26.8. The summed E-state index contributed by atoms with van der Waals surface area (Å²) >= 11 is 0. The van der Waals surface area contributed by atoms with Crippen molar-refractivity contribution in [3.05, 3.63) is 17.3 Å². The summed E-state index contributed by atoms with van der Waals surface area (Å²) in [7, 11) is 0. The van der Waals surface area contributed by atoms with E-state index in [-0.39, 0.29) is 24.0 Å². The predicted octanol–water partition coefficient (Wildman–Crippen LogP) is 4.09. The lowest BCUT2D eigenvalue weighted by Crippen LogP contribution is -2.31. The van der Waals surface area contributed by atoms with Gasteiger partial charge in [-0.05, 0) is 25.7 Å². The lowest BCUT2D eigenvalue weighted by Gasteiger charge is -2.30. The van der Waals surface area contributed by atoms with Crippen molar-refractivity contribution in [3.8, 4) is 0 Å². The number of hydrogen-bond donors (Lipinski definition) is 1. The van der Waals surface area contributed by atoms with Crippen LogP contribution >= 0.6 is 0 Å². The third-order valence-corrected chi connectivity index (χ3v) is 4.33. The quantitative estimate of drug-likeness (QED) is 0.913. The Hall–Kier alpha value is -1.53. The van der Waals surface area contributed by atoms with Crippen molar-refractivity contribution in [3.63, 3.8) is 0 Å². The second-order valence-electron chi connectivity index (χ2n) is 5.88. The maximum Gasteiger partial charge on any atom is 0.392 e. The number of nitrogens with zero attached hydrogens (tertiary/aromatic N) is 1. The molecule has 2 atom stereocenters. The fourth-order valence-electron chi connectivity index (χ4n) is 3.11. The van der Waals surface area contributed by atoms with Crippen molar-refractivity contribution in [2.24, 2.45) is 5.92 Å². The van der Waals surface area contributed by atoms with Crippen LogP contribution < -0.4 is 0 Å². The van der Waals surface area contributed by atoms with Gasteiger partial charge in [0, 0.05) is 11.8 Å².